The lowest BCUT2D eigenvalue weighted by atomic mass is 9.60. The van der Waals surface area contributed by atoms with Gasteiger partial charge in [-0.15, -0.1) is 0 Å². The van der Waals surface area contributed by atoms with E-state index in [1.807, 2.05) is 0 Å². The van der Waals surface area contributed by atoms with Crippen molar-refractivity contribution in [3.63, 3.8) is 0 Å². The summed E-state index contributed by atoms with van der Waals surface area (Å²) in [5.41, 5.74) is -0.762. The first-order valence-electron chi connectivity index (χ1n) is 5.04. The normalized spacial score (nSPS) is 17.6. The van der Waals surface area contributed by atoms with Gasteiger partial charge in [0.15, 0.2) is 0 Å². The van der Waals surface area contributed by atoms with E-state index >= 15 is 0 Å². The van der Waals surface area contributed by atoms with Gasteiger partial charge >= 0.3 is 13.0 Å². The molecule has 1 aliphatic rings. The summed E-state index contributed by atoms with van der Waals surface area (Å²) in [6, 6.07) is 0. The Bertz CT molecular complexity index is 381. The highest BCUT2D eigenvalue weighted by Crippen LogP contribution is 2.31. The van der Waals surface area contributed by atoms with Crippen molar-refractivity contribution in [2.24, 2.45) is 4.90 Å². The van der Waals surface area contributed by atoms with Crippen LogP contribution in [0.25, 0.3) is 0 Å². The molecule has 1 nitrogen and oxygen atoms in total. The average molecular weight is 251 g/mol. The Hall–Kier alpha value is -1.14. The van der Waals surface area contributed by atoms with Crippen molar-refractivity contribution in [1.29, 1.82) is 0 Å². The molecule has 1 aliphatic heterocycles. The van der Waals surface area contributed by atoms with Crippen molar-refractivity contribution in [3.05, 3.63) is 23.2 Å². The quantitative estimate of drug-likeness (QED) is 0.535. The largest absolute Gasteiger partial charge is 0.432 e. The van der Waals surface area contributed by atoms with Crippen molar-refractivity contribution < 1.29 is 22.0 Å². The van der Waals surface area contributed by atoms with Crippen LogP contribution >= 0.6 is 0 Å². The van der Waals surface area contributed by atoms with Crippen LogP contribution in [-0.2, 0) is 0 Å². The Morgan fingerprint density at radius 3 is 2.47 bits per heavy atom. The van der Waals surface area contributed by atoms with Crippen LogP contribution in [0.15, 0.2) is 28.1 Å². The highest BCUT2D eigenvalue weighted by Gasteiger charge is 2.42. The number of allylic oxidation sites excluding steroid dienone is 3. The second-order valence-corrected chi connectivity index (χ2v) is 3.72. The van der Waals surface area contributed by atoms with E-state index in [-0.39, 0.29) is 5.57 Å². The number of hydrogen-bond donors (Lipinski definition) is 0. The fourth-order valence-corrected chi connectivity index (χ4v) is 1.55. The van der Waals surface area contributed by atoms with Gasteiger partial charge in [0.05, 0.1) is 0 Å². The van der Waals surface area contributed by atoms with Crippen LogP contribution in [0.1, 0.15) is 13.8 Å². The molecule has 0 N–H and O–H groups in total. The monoisotopic (exact) mass is 251 g/mol. The maximum Gasteiger partial charge on any atom is 0.432 e. The van der Waals surface area contributed by atoms with Crippen LogP contribution in [0.2, 0.25) is 6.32 Å². The van der Waals surface area contributed by atoms with Gasteiger partial charge < -0.3 is 4.90 Å². The lowest BCUT2D eigenvalue weighted by Crippen LogP contribution is -2.24. The molecule has 0 aliphatic carbocycles. The summed E-state index contributed by atoms with van der Waals surface area (Å²) in [6.45, 7) is 2.00. The molecule has 0 unspecified atom stereocenters. The highest BCUT2D eigenvalue weighted by atomic mass is 19.4. The first-order valence-corrected chi connectivity index (χ1v) is 5.04. The minimum Gasteiger partial charge on any atom is -0.332 e. The molecule has 1 rings (SSSR count). The van der Waals surface area contributed by atoms with E-state index in [1.54, 1.807) is 6.92 Å². The van der Waals surface area contributed by atoms with Gasteiger partial charge in [-0.25, -0.2) is 8.78 Å². The van der Waals surface area contributed by atoms with Gasteiger partial charge in [0.1, 0.15) is 5.71 Å². The number of alkyl halides is 5. The second kappa shape index (κ2) is 5.02. The predicted molar refractivity (Wildman–Crippen MR) is 57.6 cm³/mol. The Morgan fingerprint density at radius 1 is 1.47 bits per heavy atom. The summed E-state index contributed by atoms with van der Waals surface area (Å²) in [5.74, 6) is 1.16. The van der Waals surface area contributed by atoms with Gasteiger partial charge in [0, 0.05) is 6.32 Å². The summed E-state index contributed by atoms with van der Waals surface area (Å²) in [7, 11) is 0. The third-order valence-electron chi connectivity index (χ3n) is 2.46. The van der Waals surface area contributed by atoms with Gasteiger partial charge in [-0.05, 0) is 25.0 Å². The Kier molecular flexibility index (Phi) is 4.11. The van der Waals surface area contributed by atoms with Crippen molar-refractivity contribution >= 4 is 12.6 Å². The number of nitrogens with zero attached hydrogens (tertiary/aromatic N) is 1. The molecule has 0 saturated carbocycles. The van der Waals surface area contributed by atoms with Gasteiger partial charge in [-0.3, -0.25) is 0 Å². The van der Waals surface area contributed by atoms with Crippen LogP contribution in [0.4, 0.5) is 22.0 Å². The molecule has 0 radical (unpaired) electrons. The topological polar surface area (TPSA) is 12.4 Å². The standard InChI is InChI=1S/C10H11BF5N/c1-3-6(2)7-4-11(5-8(12)13)17-9(7)10(14,15)16/h3-4,8H,5H2,1-2H3/b6-3+. The Morgan fingerprint density at radius 2 is 2.06 bits per heavy atom. The number of hydrogen-bond acceptors (Lipinski definition) is 1. The van der Waals surface area contributed by atoms with E-state index in [9.17, 15) is 22.0 Å². The molecule has 0 aromatic rings. The van der Waals surface area contributed by atoms with E-state index in [1.165, 1.54) is 13.0 Å². The Balaban J connectivity index is 3.05. The molecule has 0 atom stereocenters. The third-order valence-corrected chi connectivity index (χ3v) is 2.46. The first-order chi connectivity index (χ1) is 7.75. The van der Waals surface area contributed by atoms with Gasteiger partial charge in [-0.2, -0.15) is 13.2 Å². The highest BCUT2D eigenvalue weighted by molar-refractivity contribution is 6.67. The molecule has 0 aromatic heterocycles. The molecule has 0 spiro atoms. The maximum absolute atomic E-state index is 12.6. The van der Waals surface area contributed by atoms with Crippen molar-refractivity contribution in [3.8, 4) is 0 Å². The SMILES string of the molecule is C/C=C(\C)C1=CB(CC(F)F)N=C1C(F)(F)F. The summed E-state index contributed by atoms with van der Waals surface area (Å²) in [6.07, 6.45) is -6.45. The number of halogens is 5. The average Bonchev–Trinajstić information content (AvgIpc) is 2.59. The van der Waals surface area contributed by atoms with E-state index in [0.717, 1.165) is 5.98 Å². The minimum atomic E-state index is -4.60. The molecule has 17 heavy (non-hydrogen) atoms. The van der Waals surface area contributed by atoms with Crippen molar-refractivity contribution in [2.75, 3.05) is 0 Å². The summed E-state index contributed by atoms with van der Waals surface area (Å²) >= 11 is 0. The van der Waals surface area contributed by atoms with Crippen LogP contribution in [-0.4, -0.2) is 25.2 Å². The third kappa shape index (κ3) is 3.41. The fourth-order valence-electron chi connectivity index (χ4n) is 1.55. The van der Waals surface area contributed by atoms with E-state index in [0.29, 0.717) is 5.57 Å². The van der Waals surface area contributed by atoms with Gasteiger partial charge in [0.25, 0.3) is 0 Å². The lowest BCUT2D eigenvalue weighted by Gasteiger charge is -2.11. The molecular weight excluding hydrogens is 240 g/mol. The van der Waals surface area contributed by atoms with Crippen molar-refractivity contribution in [1.82, 2.24) is 0 Å². The summed E-state index contributed by atoms with van der Waals surface area (Å²) < 4.78 is 62.1. The van der Waals surface area contributed by atoms with E-state index in [2.05, 4.69) is 4.90 Å². The summed E-state index contributed by atoms with van der Waals surface area (Å²) in [5, 5.41) is 0. The van der Waals surface area contributed by atoms with Gasteiger partial charge in [-0.1, -0.05) is 12.1 Å². The van der Waals surface area contributed by atoms with Crippen molar-refractivity contribution in [2.45, 2.75) is 32.8 Å². The molecule has 0 saturated heterocycles. The minimum absolute atomic E-state index is 0.0920. The fraction of sp³-hybridized carbons (Fsp3) is 0.500. The molecule has 0 aromatic carbocycles. The molecular formula is C10H11BF5N. The van der Waals surface area contributed by atoms with Crippen LogP contribution in [0.3, 0.4) is 0 Å². The zero-order chi connectivity index (χ0) is 13.2. The zero-order valence-corrected chi connectivity index (χ0v) is 9.35. The molecule has 0 fully saturated rings. The second-order valence-electron chi connectivity index (χ2n) is 3.72. The van der Waals surface area contributed by atoms with E-state index < -0.39 is 31.5 Å². The summed E-state index contributed by atoms with van der Waals surface area (Å²) in [4.78, 5) is 3.33. The van der Waals surface area contributed by atoms with Crippen LogP contribution < -0.4 is 0 Å². The smallest absolute Gasteiger partial charge is 0.332 e. The molecule has 7 heteroatoms. The lowest BCUT2D eigenvalue weighted by molar-refractivity contribution is -0.0578. The van der Waals surface area contributed by atoms with Crippen LogP contribution in [0.5, 0.6) is 0 Å². The van der Waals surface area contributed by atoms with Crippen LogP contribution in [0, 0.1) is 0 Å². The zero-order valence-electron chi connectivity index (χ0n) is 9.35. The van der Waals surface area contributed by atoms with Gasteiger partial charge in [0.2, 0.25) is 6.43 Å². The molecule has 0 bridgehead atoms. The maximum atomic E-state index is 12.6. The predicted octanol–water partition coefficient (Wildman–Crippen LogP) is 3.69. The van der Waals surface area contributed by atoms with E-state index in [4.69, 9.17) is 0 Å². The Labute approximate surface area is 96.2 Å². The molecule has 1 heterocycles. The molecule has 0 amide bonds. The first kappa shape index (κ1) is 13.9. The number of rotatable bonds is 3. The molecule has 94 valence electrons.